The third-order valence-electron chi connectivity index (χ3n) is 1.84. The summed E-state index contributed by atoms with van der Waals surface area (Å²) in [6.07, 6.45) is 0. The number of carboxylic acid groups (broad SMARTS) is 3. The van der Waals surface area contributed by atoms with Crippen molar-refractivity contribution in [2.24, 2.45) is 16.2 Å². The molecule has 0 unspecified atom stereocenters. The fourth-order valence-corrected chi connectivity index (χ4v) is 0. The zero-order valence-electron chi connectivity index (χ0n) is 14.8. The fraction of sp³-hybridized carbons (Fsp3) is 0.800. The molecule has 0 spiro atoms. The van der Waals surface area contributed by atoms with Gasteiger partial charge in [0.1, 0.15) is 0 Å². The van der Waals surface area contributed by atoms with Crippen molar-refractivity contribution in [3.05, 3.63) is 0 Å². The van der Waals surface area contributed by atoms with Gasteiger partial charge < -0.3 is 29.7 Å². The van der Waals surface area contributed by atoms with Crippen LogP contribution in [0, 0.1) is 16.2 Å². The van der Waals surface area contributed by atoms with Gasteiger partial charge in [0, 0.05) is 34.2 Å². The zero-order chi connectivity index (χ0) is 18.2. The molecule has 0 atom stereocenters. The summed E-state index contributed by atoms with van der Waals surface area (Å²) in [5, 5.41) is 29.7. The third-order valence-corrected chi connectivity index (χ3v) is 1.84. The molecule has 0 fully saturated rings. The topological polar surface area (TPSA) is 120 Å². The second-order valence-corrected chi connectivity index (χ2v) is 7.61. The van der Waals surface area contributed by atoms with Gasteiger partial charge >= 0.3 is 20.1 Å². The van der Waals surface area contributed by atoms with E-state index in [-0.39, 0.29) is 20.1 Å². The largest absolute Gasteiger partial charge is 3.00 e. The standard InChI is InChI=1S/3C5H10O2.Ir/c3*1-5(2,3)4(6)7;/h3*1-3H3,(H,6,7);/q;;;+3/p-3. The van der Waals surface area contributed by atoms with Crippen LogP contribution in [0.2, 0.25) is 0 Å². The first-order chi connectivity index (χ1) is 8.83. The van der Waals surface area contributed by atoms with E-state index in [9.17, 15) is 29.7 Å². The first kappa shape index (κ1) is 29.1. The molecule has 0 aliphatic carbocycles. The van der Waals surface area contributed by atoms with E-state index in [0.29, 0.717) is 0 Å². The van der Waals surface area contributed by atoms with Gasteiger partial charge in [-0.15, -0.1) is 0 Å². The molecule has 0 saturated carbocycles. The predicted molar refractivity (Wildman–Crippen MR) is 73.4 cm³/mol. The Labute approximate surface area is 146 Å². The predicted octanol–water partition coefficient (Wildman–Crippen LogP) is -0.655. The summed E-state index contributed by atoms with van der Waals surface area (Å²) in [6.45, 7) is 14.4. The van der Waals surface area contributed by atoms with Crippen LogP contribution in [-0.2, 0) is 34.5 Å². The molecule has 0 amide bonds. The Kier molecular flexibility index (Phi) is 14.2. The van der Waals surface area contributed by atoms with E-state index in [2.05, 4.69) is 0 Å². The Bertz CT molecular complexity index is 299. The van der Waals surface area contributed by atoms with Crippen LogP contribution in [0.25, 0.3) is 0 Å². The van der Waals surface area contributed by atoms with Gasteiger partial charge in [0.25, 0.3) is 0 Å². The third kappa shape index (κ3) is 21.4. The van der Waals surface area contributed by atoms with Gasteiger partial charge in [0.2, 0.25) is 0 Å². The van der Waals surface area contributed by atoms with E-state index >= 15 is 0 Å². The summed E-state index contributed by atoms with van der Waals surface area (Å²) >= 11 is 0. The van der Waals surface area contributed by atoms with Crippen molar-refractivity contribution < 1.29 is 49.8 Å². The Hall–Kier alpha value is -0.941. The molecule has 0 aliphatic rings. The van der Waals surface area contributed by atoms with Crippen molar-refractivity contribution in [2.45, 2.75) is 62.3 Å². The van der Waals surface area contributed by atoms with Gasteiger partial charge in [0.05, 0.1) is 0 Å². The summed E-state index contributed by atoms with van der Waals surface area (Å²) in [7, 11) is 0. The van der Waals surface area contributed by atoms with E-state index in [1.54, 1.807) is 62.3 Å². The van der Waals surface area contributed by atoms with Crippen molar-refractivity contribution >= 4 is 17.9 Å². The number of carbonyl (C=O) groups is 3. The summed E-state index contributed by atoms with van der Waals surface area (Å²) in [5.74, 6) is -3.02. The van der Waals surface area contributed by atoms with Crippen LogP contribution in [0.15, 0.2) is 0 Å². The van der Waals surface area contributed by atoms with E-state index in [1.165, 1.54) is 0 Å². The van der Waals surface area contributed by atoms with Crippen LogP contribution in [0.3, 0.4) is 0 Å². The normalized spacial score (nSPS) is 10.8. The zero-order valence-corrected chi connectivity index (χ0v) is 17.2. The number of aliphatic carboxylic acids is 3. The van der Waals surface area contributed by atoms with E-state index in [1.807, 2.05) is 0 Å². The maximum Gasteiger partial charge on any atom is 3.00 e. The SMILES string of the molecule is CC(C)(C)C(=O)[O-].CC(C)(C)C(=O)[O-].CC(C)(C)C(=O)[O-].[Ir+3]. The molecule has 0 aromatic carbocycles. The summed E-state index contributed by atoms with van der Waals surface area (Å²) in [5.41, 5.74) is -2.08. The van der Waals surface area contributed by atoms with Gasteiger partial charge in [-0.3, -0.25) is 0 Å². The molecular formula is C15H27IrO6. The number of carbonyl (C=O) groups excluding carboxylic acids is 3. The molecule has 0 aliphatic heterocycles. The van der Waals surface area contributed by atoms with Crippen LogP contribution < -0.4 is 15.3 Å². The van der Waals surface area contributed by atoms with Crippen LogP contribution in [0.4, 0.5) is 0 Å². The van der Waals surface area contributed by atoms with Crippen LogP contribution in [0.1, 0.15) is 62.3 Å². The van der Waals surface area contributed by atoms with Crippen molar-refractivity contribution in [1.29, 1.82) is 0 Å². The summed E-state index contributed by atoms with van der Waals surface area (Å²) in [4.78, 5) is 29.7. The number of hydrogen-bond donors (Lipinski definition) is 0. The fourth-order valence-electron chi connectivity index (χ4n) is 0. The van der Waals surface area contributed by atoms with Crippen LogP contribution >= 0.6 is 0 Å². The number of rotatable bonds is 0. The molecule has 7 heteroatoms. The minimum absolute atomic E-state index is 0. The maximum atomic E-state index is 9.91. The molecule has 0 heterocycles. The van der Waals surface area contributed by atoms with Gasteiger partial charge in [-0.25, -0.2) is 0 Å². The average molecular weight is 496 g/mol. The number of carboxylic acids is 3. The molecular weight excluding hydrogens is 468 g/mol. The molecule has 0 bridgehead atoms. The molecule has 22 heavy (non-hydrogen) atoms. The Morgan fingerprint density at radius 1 is 0.500 bits per heavy atom. The second kappa shape index (κ2) is 10.7. The smallest absolute Gasteiger partial charge is 0.550 e. The van der Waals surface area contributed by atoms with Crippen molar-refractivity contribution in [3.8, 4) is 0 Å². The molecule has 0 radical (unpaired) electrons. The Morgan fingerprint density at radius 2 is 0.545 bits per heavy atom. The molecule has 0 saturated heterocycles. The molecule has 6 nitrogen and oxygen atoms in total. The average Bonchev–Trinajstić information content (AvgIpc) is 2.14. The molecule has 0 aromatic heterocycles. The van der Waals surface area contributed by atoms with Gasteiger partial charge in [-0.2, -0.15) is 0 Å². The Morgan fingerprint density at radius 3 is 0.545 bits per heavy atom. The van der Waals surface area contributed by atoms with E-state index < -0.39 is 34.2 Å². The maximum absolute atomic E-state index is 9.91. The first-order valence-corrected chi connectivity index (χ1v) is 6.47. The minimum atomic E-state index is -1.01. The van der Waals surface area contributed by atoms with Crippen LogP contribution in [-0.4, -0.2) is 17.9 Å². The Balaban J connectivity index is -0.000000108. The molecule has 0 aromatic rings. The van der Waals surface area contributed by atoms with Gasteiger partial charge in [-0.05, 0) is 0 Å². The van der Waals surface area contributed by atoms with Gasteiger partial charge in [0.15, 0.2) is 0 Å². The monoisotopic (exact) mass is 496 g/mol. The molecule has 0 N–H and O–H groups in total. The van der Waals surface area contributed by atoms with E-state index in [0.717, 1.165) is 0 Å². The quantitative estimate of drug-likeness (QED) is 0.440. The summed E-state index contributed by atoms with van der Waals surface area (Å²) < 4.78 is 0. The van der Waals surface area contributed by atoms with Crippen LogP contribution in [0.5, 0.6) is 0 Å². The number of hydrogen-bond acceptors (Lipinski definition) is 6. The van der Waals surface area contributed by atoms with Crippen molar-refractivity contribution in [2.75, 3.05) is 0 Å². The first-order valence-electron chi connectivity index (χ1n) is 6.47. The molecule has 132 valence electrons. The molecule has 0 rings (SSSR count). The second-order valence-electron chi connectivity index (χ2n) is 7.61. The van der Waals surface area contributed by atoms with Crippen molar-refractivity contribution in [3.63, 3.8) is 0 Å². The van der Waals surface area contributed by atoms with Gasteiger partial charge in [-0.1, -0.05) is 62.3 Å². The summed E-state index contributed by atoms with van der Waals surface area (Å²) in [6, 6.07) is 0. The van der Waals surface area contributed by atoms with E-state index in [4.69, 9.17) is 0 Å². The minimum Gasteiger partial charge on any atom is -0.550 e. The van der Waals surface area contributed by atoms with Crippen molar-refractivity contribution in [1.82, 2.24) is 0 Å².